The van der Waals surface area contributed by atoms with Crippen LogP contribution in [0.3, 0.4) is 0 Å². The maximum Gasteiger partial charge on any atom is 0.222 e. The van der Waals surface area contributed by atoms with Gasteiger partial charge in [0.05, 0.1) is 0 Å². The number of amides is 1. The molecule has 0 bridgehead atoms. The van der Waals surface area contributed by atoms with E-state index in [1.165, 1.54) is 24.0 Å². The lowest BCUT2D eigenvalue weighted by molar-refractivity contribution is -0.131. The number of carbonyl (C=O) groups is 1. The van der Waals surface area contributed by atoms with Crippen molar-refractivity contribution in [2.75, 3.05) is 13.1 Å². The van der Waals surface area contributed by atoms with Gasteiger partial charge in [-0.05, 0) is 55.4 Å². The fourth-order valence-electron chi connectivity index (χ4n) is 3.14. The van der Waals surface area contributed by atoms with Crippen molar-refractivity contribution in [3.05, 3.63) is 66.0 Å². The van der Waals surface area contributed by atoms with Gasteiger partial charge in [-0.1, -0.05) is 50.1 Å². The standard InChI is InChI=1S/C23H32N2O/c1-2-3-9-19-25(20-16-21-10-5-4-6-11-21)23(26)13-8-7-12-22-14-17-24-18-15-22/h4-6,10-11,14-15,17-18H,2-3,7-9,12-13,16,19-20H2,1H3. The number of rotatable bonds is 12. The molecule has 1 aromatic carbocycles. The molecule has 0 aliphatic rings. The van der Waals surface area contributed by atoms with Crippen molar-refractivity contribution in [2.24, 2.45) is 0 Å². The topological polar surface area (TPSA) is 33.2 Å². The molecule has 3 nitrogen and oxygen atoms in total. The molecule has 1 heterocycles. The highest BCUT2D eigenvalue weighted by molar-refractivity contribution is 5.76. The summed E-state index contributed by atoms with van der Waals surface area (Å²) in [5.74, 6) is 0.312. The summed E-state index contributed by atoms with van der Waals surface area (Å²) in [6, 6.07) is 14.6. The highest BCUT2D eigenvalue weighted by Gasteiger charge is 2.12. The summed E-state index contributed by atoms with van der Waals surface area (Å²) in [5.41, 5.74) is 2.61. The van der Waals surface area contributed by atoms with Crippen LogP contribution in [0.5, 0.6) is 0 Å². The van der Waals surface area contributed by atoms with Crippen LogP contribution in [0.2, 0.25) is 0 Å². The van der Waals surface area contributed by atoms with E-state index in [9.17, 15) is 4.79 Å². The Bertz CT molecular complexity index is 613. The molecule has 26 heavy (non-hydrogen) atoms. The summed E-state index contributed by atoms with van der Waals surface area (Å²) in [4.78, 5) is 18.8. The molecule has 0 atom stereocenters. The fraction of sp³-hybridized carbons (Fsp3) is 0.478. The lowest BCUT2D eigenvalue weighted by Crippen LogP contribution is -2.33. The molecule has 0 saturated heterocycles. The van der Waals surface area contributed by atoms with Gasteiger partial charge in [0.25, 0.3) is 0 Å². The number of hydrogen-bond donors (Lipinski definition) is 0. The first-order chi connectivity index (χ1) is 12.8. The summed E-state index contributed by atoms with van der Waals surface area (Å²) >= 11 is 0. The van der Waals surface area contributed by atoms with Gasteiger partial charge in [-0.15, -0.1) is 0 Å². The van der Waals surface area contributed by atoms with Gasteiger partial charge in [0.15, 0.2) is 0 Å². The zero-order valence-corrected chi connectivity index (χ0v) is 16.1. The number of aryl methyl sites for hydroxylation is 1. The summed E-state index contributed by atoms with van der Waals surface area (Å²) < 4.78 is 0. The first-order valence-electron chi connectivity index (χ1n) is 10.00. The molecule has 2 aromatic rings. The van der Waals surface area contributed by atoms with Crippen molar-refractivity contribution >= 4 is 5.91 Å². The van der Waals surface area contributed by atoms with Crippen LogP contribution in [0, 0.1) is 0 Å². The van der Waals surface area contributed by atoms with Crippen molar-refractivity contribution in [1.82, 2.24) is 9.88 Å². The van der Waals surface area contributed by atoms with Gasteiger partial charge in [-0.3, -0.25) is 9.78 Å². The van der Waals surface area contributed by atoms with E-state index in [0.29, 0.717) is 12.3 Å². The first-order valence-corrected chi connectivity index (χ1v) is 10.00. The van der Waals surface area contributed by atoms with E-state index < -0.39 is 0 Å². The normalized spacial score (nSPS) is 10.7. The van der Waals surface area contributed by atoms with Crippen LogP contribution in [0.1, 0.15) is 56.6 Å². The van der Waals surface area contributed by atoms with Gasteiger partial charge in [0, 0.05) is 31.9 Å². The molecule has 3 heteroatoms. The molecule has 1 aromatic heterocycles. The average Bonchev–Trinajstić information content (AvgIpc) is 2.69. The number of benzene rings is 1. The summed E-state index contributed by atoms with van der Waals surface area (Å²) in [5, 5.41) is 0. The van der Waals surface area contributed by atoms with Crippen molar-refractivity contribution in [3.63, 3.8) is 0 Å². The second kappa shape index (κ2) is 12.2. The van der Waals surface area contributed by atoms with Crippen LogP contribution in [-0.4, -0.2) is 28.9 Å². The van der Waals surface area contributed by atoms with E-state index in [1.54, 1.807) is 0 Å². The Balaban J connectivity index is 1.76. The summed E-state index contributed by atoms with van der Waals surface area (Å²) in [6.07, 6.45) is 11.8. The highest BCUT2D eigenvalue weighted by atomic mass is 16.2. The van der Waals surface area contributed by atoms with E-state index in [0.717, 1.165) is 45.2 Å². The van der Waals surface area contributed by atoms with Crippen LogP contribution in [-0.2, 0) is 17.6 Å². The van der Waals surface area contributed by atoms with E-state index in [-0.39, 0.29) is 0 Å². The third-order valence-electron chi connectivity index (χ3n) is 4.75. The maximum absolute atomic E-state index is 12.7. The minimum atomic E-state index is 0.312. The van der Waals surface area contributed by atoms with Crippen molar-refractivity contribution in [2.45, 2.75) is 58.3 Å². The second-order valence-electron chi connectivity index (χ2n) is 6.89. The minimum Gasteiger partial charge on any atom is -0.342 e. The third-order valence-corrected chi connectivity index (χ3v) is 4.75. The van der Waals surface area contributed by atoms with Crippen LogP contribution >= 0.6 is 0 Å². The van der Waals surface area contributed by atoms with Crippen LogP contribution < -0.4 is 0 Å². The quantitative estimate of drug-likeness (QED) is 0.500. The average molecular weight is 353 g/mol. The summed E-state index contributed by atoms with van der Waals surface area (Å²) in [7, 11) is 0. The van der Waals surface area contributed by atoms with Gasteiger partial charge in [0.2, 0.25) is 5.91 Å². The molecule has 0 unspecified atom stereocenters. The molecule has 0 radical (unpaired) electrons. The Morgan fingerprint density at radius 3 is 2.31 bits per heavy atom. The molecule has 0 saturated carbocycles. The van der Waals surface area contributed by atoms with Gasteiger partial charge >= 0.3 is 0 Å². The molecule has 0 N–H and O–H groups in total. The highest BCUT2D eigenvalue weighted by Crippen LogP contribution is 2.10. The Labute approximate surface area is 158 Å². The van der Waals surface area contributed by atoms with Gasteiger partial charge < -0.3 is 4.90 Å². The molecular weight excluding hydrogens is 320 g/mol. The Morgan fingerprint density at radius 1 is 0.846 bits per heavy atom. The molecule has 2 rings (SSSR count). The lowest BCUT2D eigenvalue weighted by atomic mass is 10.1. The molecule has 140 valence electrons. The SMILES string of the molecule is CCCCCN(CCc1ccccc1)C(=O)CCCCc1ccncc1. The van der Waals surface area contributed by atoms with Crippen LogP contribution in [0.4, 0.5) is 0 Å². The number of pyridine rings is 1. The molecule has 1 amide bonds. The number of unbranched alkanes of at least 4 members (excludes halogenated alkanes) is 3. The second-order valence-corrected chi connectivity index (χ2v) is 6.89. The Kier molecular flexibility index (Phi) is 9.48. The lowest BCUT2D eigenvalue weighted by Gasteiger charge is -2.23. The Hall–Kier alpha value is -2.16. The number of aromatic nitrogens is 1. The first kappa shape index (κ1) is 20.2. The fourth-order valence-corrected chi connectivity index (χ4v) is 3.14. The number of nitrogens with zero attached hydrogens (tertiary/aromatic N) is 2. The van der Waals surface area contributed by atoms with E-state index >= 15 is 0 Å². The smallest absolute Gasteiger partial charge is 0.222 e. The predicted molar refractivity (Wildman–Crippen MR) is 108 cm³/mol. The van der Waals surface area contributed by atoms with Gasteiger partial charge in [-0.25, -0.2) is 0 Å². The third kappa shape index (κ3) is 7.81. The number of carbonyl (C=O) groups excluding carboxylic acids is 1. The van der Waals surface area contributed by atoms with E-state index in [4.69, 9.17) is 0 Å². The monoisotopic (exact) mass is 352 g/mol. The van der Waals surface area contributed by atoms with E-state index in [2.05, 4.69) is 53.2 Å². The molecule has 0 aliphatic heterocycles. The van der Waals surface area contributed by atoms with Gasteiger partial charge in [-0.2, -0.15) is 0 Å². The van der Waals surface area contributed by atoms with E-state index in [1.807, 2.05) is 18.5 Å². The Morgan fingerprint density at radius 2 is 1.58 bits per heavy atom. The molecule has 0 fully saturated rings. The minimum absolute atomic E-state index is 0.312. The summed E-state index contributed by atoms with van der Waals surface area (Å²) in [6.45, 7) is 3.93. The van der Waals surface area contributed by atoms with Crippen molar-refractivity contribution < 1.29 is 4.79 Å². The maximum atomic E-state index is 12.7. The van der Waals surface area contributed by atoms with Crippen LogP contribution in [0.15, 0.2) is 54.9 Å². The van der Waals surface area contributed by atoms with Crippen molar-refractivity contribution in [1.29, 1.82) is 0 Å². The largest absolute Gasteiger partial charge is 0.342 e. The van der Waals surface area contributed by atoms with Gasteiger partial charge in [0.1, 0.15) is 0 Å². The number of hydrogen-bond acceptors (Lipinski definition) is 2. The van der Waals surface area contributed by atoms with Crippen LogP contribution in [0.25, 0.3) is 0 Å². The predicted octanol–water partition coefficient (Wildman–Crippen LogP) is 5.06. The molecule has 0 spiro atoms. The van der Waals surface area contributed by atoms with Crippen molar-refractivity contribution in [3.8, 4) is 0 Å². The zero-order chi connectivity index (χ0) is 18.5. The molecule has 0 aliphatic carbocycles. The molecular formula is C23H32N2O. The zero-order valence-electron chi connectivity index (χ0n) is 16.1.